The molecule has 1 aromatic rings. The lowest BCUT2D eigenvalue weighted by Crippen LogP contribution is -2.29. The molecule has 1 fully saturated rings. The SMILES string of the molecule is O=C1CC2CCCN2c2cc(Cl)c(Cl)cc2N1. The van der Waals surface area contributed by atoms with Crippen molar-refractivity contribution in [3.63, 3.8) is 0 Å². The third-order valence-corrected chi connectivity index (χ3v) is 4.14. The minimum atomic E-state index is 0.0547. The molecule has 17 heavy (non-hydrogen) atoms. The zero-order valence-corrected chi connectivity index (χ0v) is 10.7. The van der Waals surface area contributed by atoms with Crippen molar-refractivity contribution in [1.29, 1.82) is 0 Å². The van der Waals surface area contributed by atoms with Gasteiger partial charge in [-0.1, -0.05) is 23.2 Å². The van der Waals surface area contributed by atoms with Gasteiger partial charge in [-0.2, -0.15) is 0 Å². The van der Waals surface area contributed by atoms with Gasteiger partial charge < -0.3 is 10.2 Å². The highest BCUT2D eigenvalue weighted by molar-refractivity contribution is 6.42. The van der Waals surface area contributed by atoms with Gasteiger partial charge in [0.2, 0.25) is 5.91 Å². The van der Waals surface area contributed by atoms with Gasteiger partial charge in [-0.05, 0) is 25.0 Å². The van der Waals surface area contributed by atoms with Crippen LogP contribution in [0, 0.1) is 0 Å². The molecular weight excluding hydrogens is 259 g/mol. The lowest BCUT2D eigenvalue weighted by molar-refractivity contribution is -0.116. The van der Waals surface area contributed by atoms with Crippen LogP contribution < -0.4 is 10.2 Å². The van der Waals surface area contributed by atoms with Crippen LogP contribution in [0.3, 0.4) is 0 Å². The van der Waals surface area contributed by atoms with Crippen molar-refractivity contribution in [2.45, 2.75) is 25.3 Å². The average Bonchev–Trinajstić information content (AvgIpc) is 2.66. The van der Waals surface area contributed by atoms with Crippen molar-refractivity contribution in [3.05, 3.63) is 22.2 Å². The Hall–Kier alpha value is -0.930. The highest BCUT2D eigenvalue weighted by Crippen LogP contribution is 2.40. The number of carbonyl (C=O) groups is 1. The zero-order chi connectivity index (χ0) is 12.0. The van der Waals surface area contributed by atoms with Crippen molar-refractivity contribution in [1.82, 2.24) is 0 Å². The maximum absolute atomic E-state index is 11.8. The lowest BCUT2D eigenvalue weighted by atomic mass is 10.1. The van der Waals surface area contributed by atoms with E-state index in [2.05, 4.69) is 10.2 Å². The molecule has 2 aliphatic heterocycles. The summed E-state index contributed by atoms with van der Waals surface area (Å²) in [5.41, 5.74) is 1.77. The Morgan fingerprint density at radius 3 is 2.88 bits per heavy atom. The number of rotatable bonds is 0. The zero-order valence-electron chi connectivity index (χ0n) is 9.17. The van der Waals surface area contributed by atoms with Crippen molar-refractivity contribution >= 4 is 40.5 Å². The van der Waals surface area contributed by atoms with E-state index in [1.807, 2.05) is 6.07 Å². The Morgan fingerprint density at radius 1 is 1.29 bits per heavy atom. The quantitative estimate of drug-likeness (QED) is 0.785. The van der Waals surface area contributed by atoms with Crippen LogP contribution in [-0.4, -0.2) is 18.5 Å². The number of fused-ring (bicyclic) bond motifs is 3. The number of anilines is 2. The molecule has 0 aliphatic carbocycles. The molecule has 5 heteroatoms. The summed E-state index contributed by atoms with van der Waals surface area (Å²) >= 11 is 12.0. The van der Waals surface area contributed by atoms with E-state index >= 15 is 0 Å². The molecule has 1 N–H and O–H groups in total. The molecule has 0 aromatic heterocycles. The fraction of sp³-hybridized carbons (Fsp3) is 0.417. The molecule has 0 spiro atoms. The predicted molar refractivity (Wildman–Crippen MR) is 70.1 cm³/mol. The van der Waals surface area contributed by atoms with Gasteiger partial charge in [0.15, 0.2) is 0 Å². The van der Waals surface area contributed by atoms with Crippen molar-refractivity contribution in [3.8, 4) is 0 Å². The largest absolute Gasteiger partial charge is 0.366 e. The topological polar surface area (TPSA) is 32.3 Å². The summed E-state index contributed by atoms with van der Waals surface area (Å²) in [4.78, 5) is 14.0. The first kappa shape index (κ1) is 11.2. The highest BCUT2D eigenvalue weighted by atomic mass is 35.5. The molecule has 1 aromatic carbocycles. The molecule has 0 saturated carbocycles. The van der Waals surface area contributed by atoms with E-state index < -0.39 is 0 Å². The van der Waals surface area contributed by atoms with Crippen LogP contribution in [0.1, 0.15) is 19.3 Å². The van der Waals surface area contributed by atoms with Crippen LogP contribution in [0.5, 0.6) is 0 Å². The van der Waals surface area contributed by atoms with Crippen LogP contribution in [0.2, 0.25) is 10.0 Å². The van der Waals surface area contributed by atoms with Crippen LogP contribution in [0.15, 0.2) is 12.1 Å². The third-order valence-electron chi connectivity index (χ3n) is 3.42. The monoisotopic (exact) mass is 270 g/mol. The highest BCUT2D eigenvalue weighted by Gasteiger charge is 2.32. The first-order valence-electron chi connectivity index (χ1n) is 5.70. The number of nitrogens with one attached hydrogen (secondary N) is 1. The Balaban J connectivity index is 2.13. The maximum Gasteiger partial charge on any atom is 0.226 e. The van der Waals surface area contributed by atoms with E-state index in [9.17, 15) is 4.79 Å². The van der Waals surface area contributed by atoms with E-state index in [4.69, 9.17) is 23.2 Å². The van der Waals surface area contributed by atoms with Crippen LogP contribution in [0.4, 0.5) is 11.4 Å². The van der Waals surface area contributed by atoms with Gasteiger partial charge >= 0.3 is 0 Å². The number of hydrogen-bond donors (Lipinski definition) is 1. The molecule has 1 amide bonds. The van der Waals surface area contributed by atoms with Crippen molar-refractivity contribution in [2.75, 3.05) is 16.8 Å². The standard InChI is InChI=1S/C12H12Cl2N2O/c13-8-5-10-11(6-9(8)14)16-3-1-2-7(16)4-12(17)15-10/h5-7H,1-4H2,(H,15,17). The van der Waals surface area contributed by atoms with E-state index in [-0.39, 0.29) is 5.91 Å². The summed E-state index contributed by atoms with van der Waals surface area (Å²) in [5.74, 6) is 0.0547. The number of amides is 1. The molecule has 1 saturated heterocycles. The number of nitrogens with zero attached hydrogens (tertiary/aromatic N) is 1. The fourth-order valence-corrected chi connectivity index (χ4v) is 2.98. The fourth-order valence-electron chi connectivity index (χ4n) is 2.65. The smallest absolute Gasteiger partial charge is 0.226 e. The van der Waals surface area contributed by atoms with Crippen molar-refractivity contribution in [2.24, 2.45) is 0 Å². The molecule has 3 rings (SSSR count). The minimum Gasteiger partial charge on any atom is -0.366 e. The maximum atomic E-state index is 11.8. The van der Waals surface area contributed by atoms with Crippen LogP contribution >= 0.6 is 23.2 Å². The Labute approximate surface area is 110 Å². The lowest BCUT2D eigenvalue weighted by Gasteiger charge is -2.25. The summed E-state index contributed by atoms with van der Waals surface area (Å²) in [7, 11) is 0. The Morgan fingerprint density at radius 2 is 2.06 bits per heavy atom. The summed E-state index contributed by atoms with van der Waals surface area (Å²) in [6, 6.07) is 3.88. The van der Waals surface area contributed by atoms with Gasteiger partial charge in [0.25, 0.3) is 0 Å². The summed E-state index contributed by atoms with van der Waals surface area (Å²) in [6.45, 7) is 0.977. The van der Waals surface area contributed by atoms with E-state index in [1.165, 1.54) is 0 Å². The van der Waals surface area contributed by atoms with Crippen LogP contribution in [-0.2, 0) is 4.79 Å². The number of hydrogen-bond acceptors (Lipinski definition) is 2. The Bertz CT molecular complexity index is 490. The minimum absolute atomic E-state index is 0.0547. The van der Waals surface area contributed by atoms with Gasteiger partial charge in [0.1, 0.15) is 0 Å². The summed E-state index contributed by atoms with van der Waals surface area (Å²) < 4.78 is 0. The molecule has 1 unspecified atom stereocenters. The molecule has 2 aliphatic rings. The third kappa shape index (κ3) is 1.87. The van der Waals surface area contributed by atoms with Crippen LogP contribution in [0.25, 0.3) is 0 Å². The second-order valence-corrected chi connectivity index (χ2v) is 5.34. The molecular formula is C12H12Cl2N2O. The summed E-state index contributed by atoms with van der Waals surface area (Å²) in [5, 5.41) is 3.91. The Kier molecular flexibility index (Phi) is 2.68. The molecule has 1 atom stereocenters. The predicted octanol–water partition coefficient (Wildman–Crippen LogP) is 3.30. The number of halogens is 2. The molecule has 3 nitrogen and oxygen atoms in total. The van der Waals surface area contributed by atoms with Gasteiger partial charge in [-0.25, -0.2) is 0 Å². The van der Waals surface area contributed by atoms with Crippen molar-refractivity contribution < 1.29 is 4.79 Å². The number of benzene rings is 1. The first-order valence-corrected chi connectivity index (χ1v) is 6.46. The second-order valence-electron chi connectivity index (χ2n) is 4.53. The van der Waals surface area contributed by atoms with Gasteiger partial charge in [-0.3, -0.25) is 4.79 Å². The normalized spacial score (nSPS) is 22.8. The molecule has 0 bridgehead atoms. The van der Waals surface area contributed by atoms with E-state index in [0.29, 0.717) is 22.5 Å². The average molecular weight is 271 g/mol. The first-order chi connectivity index (χ1) is 8.15. The second kappa shape index (κ2) is 4.07. The van der Waals surface area contributed by atoms with E-state index in [0.717, 1.165) is 30.8 Å². The van der Waals surface area contributed by atoms with E-state index in [1.54, 1.807) is 6.07 Å². The molecule has 0 radical (unpaired) electrons. The summed E-state index contributed by atoms with van der Waals surface area (Å²) in [6.07, 6.45) is 2.73. The van der Waals surface area contributed by atoms with Gasteiger partial charge in [0.05, 0.1) is 21.4 Å². The van der Waals surface area contributed by atoms with Gasteiger partial charge in [0, 0.05) is 19.0 Å². The number of carbonyl (C=O) groups excluding carboxylic acids is 1. The molecule has 90 valence electrons. The van der Waals surface area contributed by atoms with Gasteiger partial charge in [-0.15, -0.1) is 0 Å². The molecule has 2 heterocycles.